The summed E-state index contributed by atoms with van der Waals surface area (Å²) in [5, 5.41) is 14.1. The van der Waals surface area contributed by atoms with Gasteiger partial charge in [0.2, 0.25) is 5.91 Å². The van der Waals surface area contributed by atoms with Gasteiger partial charge >= 0.3 is 0 Å². The van der Waals surface area contributed by atoms with Crippen molar-refractivity contribution in [3.8, 4) is 11.4 Å². The molecular weight excluding hydrogens is 402 g/mol. The van der Waals surface area contributed by atoms with E-state index in [1.165, 1.54) is 17.1 Å². The molecule has 0 spiro atoms. The summed E-state index contributed by atoms with van der Waals surface area (Å²) in [5.74, 6) is -1.69. The number of rotatable bonds is 4. The first kappa shape index (κ1) is 20.2. The highest BCUT2D eigenvalue weighted by Crippen LogP contribution is 2.20. The average Bonchev–Trinajstić information content (AvgIpc) is 3.48. The maximum absolute atomic E-state index is 12.4. The van der Waals surface area contributed by atoms with Gasteiger partial charge in [-0.05, 0) is 37.1 Å². The average molecular weight is 423 g/mol. The Bertz CT molecular complexity index is 1070. The van der Waals surface area contributed by atoms with Gasteiger partial charge in [0, 0.05) is 19.0 Å². The van der Waals surface area contributed by atoms with Gasteiger partial charge in [-0.15, -0.1) is 0 Å². The summed E-state index contributed by atoms with van der Waals surface area (Å²) in [5.41, 5.74) is 5.14. The number of hydrogen-bond acceptors (Lipinski definition) is 6. The molecule has 3 heterocycles. The second kappa shape index (κ2) is 8.74. The topological polar surface area (TPSA) is 130 Å². The maximum atomic E-state index is 12.4. The molecule has 0 bridgehead atoms. The van der Waals surface area contributed by atoms with Crippen molar-refractivity contribution in [1.29, 1.82) is 0 Å². The molecule has 3 N–H and O–H groups in total. The van der Waals surface area contributed by atoms with Gasteiger partial charge in [-0.3, -0.25) is 25.2 Å². The van der Waals surface area contributed by atoms with Crippen LogP contribution in [0.2, 0.25) is 0 Å². The Morgan fingerprint density at radius 3 is 2.45 bits per heavy atom. The molecule has 0 radical (unpaired) electrons. The van der Waals surface area contributed by atoms with Gasteiger partial charge in [0.25, 0.3) is 11.8 Å². The lowest BCUT2D eigenvalue weighted by molar-refractivity contribution is -0.127. The molecule has 2 aromatic heterocycles. The van der Waals surface area contributed by atoms with Crippen molar-refractivity contribution in [1.82, 2.24) is 25.5 Å². The molecule has 3 aromatic rings. The van der Waals surface area contributed by atoms with E-state index in [0.29, 0.717) is 31.6 Å². The minimum absolute atomic E-state index is 0.206. The summed E-state index contributed by atoms with van der Waals surface area (Å²) in [4.78, 5) is 38.7. The highest BCUT2D eigenvalue weighted by molar-refractivity contribution is 5.96. The molecule has 0 saturated carbocycles. The Kier molecular flexibility index (Phi) is 5.69. The highest BCUT2D eigenvalue weighted by atomic mass is 16.3. The highest BCUT2D eigenvalue weighted by Gasteiger charge is 2.29. The number of nitrogens with zero attached hydrogens (tertiary/aromatic N) is 3. The summed E-state index contributed by atoms with van der Waals surface area (Å²) in [6, 6.07) is 12.3. The normalized spacial score (nSPS) is 14.3. The molecule has 0 unspecified atom stereocenters. The van der Waals surface area contributed by atoms with Crippen LogP contribution in [0.25, 0.3) is 5.69 Å². The van der Waals surface area contributed by atoms with Gasteiger partial charge in [0.05, 0.1) is 18.1 Å². The monoisotopic (exact) mass is 423 g/mol. The van der Waals surface area contributed by atoms with Gasteiger partial charge in [0.15, 0.2) is 17.2 Å². The van der Waals surface area contributed by atoms with E-state index in [9.17, 15) is 19.5 Å². The number of nitrogens with one attached hydrogen (secondary N) is 2. The molecule has 3 amide bonds. The van der Waals surface area contributed by atoms with Crippen molar-refractivity contribution < 1.29 is 23.9 Å². The van der Waals surface area contributed by atoms with Crippen LogP contribution in [0.3, 0.4) is 0 Å². The second-order valence-electron chi connectivity index (χ2n) is 7.13. The number of aromatic nitrogens is 2. The molecule has 160 valence electrons. The lowest BCUT2D eigenvalue weighted by Gasteiger charge is -2.30. The minimum Gasteiger partial charge on any atom is -0.504 e. The number of likely N-dealkylation sites (tertiary alicyclic amines) is 1. The van der Waals surface area contributed by atoms with E-state index >= 15 is 0 Å². The summed E-state index contributed by atoms with van der Waals surface area (Å²) >= 11 is 0. The number of benzene rings is 1. The van der Waals surface area contributed by atoms with Crippen LogP contribution in [-0.2, 0) is 4.79 Å². The van der Waals surface area contributed by atoms with E-state index in [2.05, 4.69) is 16.0 Å². The van der Waals surface area contributed by atoms with E-state index in [4.69, 9.17) is 4.42 Å². The fourth-order valence-corrected chi connectivity index (χ4v) is 3.42. The van der Waals surface area contributed by atoms with Crippen LogP contribution >= 0.6 is 0 Å². The van der Waals surface area contributed by atoms with Gasteiger partial charge < -0.3 is 14.4 Å². The maximum Gasteiger partial charge on any atom is 0.294 e. The minimum atomic E-state index is -0.731. The Morgan fingerprint density at radius 1 is 1.03 bits per heavy atom. The van der Waals surface area contributed by atoms with Crippen LogP contribution in [0.5, 0.6) is 5.75 Å². The molecule has 0 aliphatic carbocycles. The molecule has 10 nitrogen and oxygen atoms in total. The number of aromatic hydroxyl groups is 1. The number of furan rings is 1. The zero-order valence-corrected chi connectivity index (χ0v) is 16.5. The standard InChI is InChI=1S/C21H21N5O5/c27-16-13-26(15-5-2-1-3-6-15)24-18(16)20(29)23-22-19(28)14-8-10-25(11-9-14)21(30)17-7-4-12-31-17/h1-7,12-14,27H,8-11H2,(H,22,28)(H,23,29). The smallest absolute Gasteiger partial charge is 0.294 e. The van der Waals surface area contributed by atoms with Crippen molar-refractivity contribution in [3.63, 3.8) is 0 Å². The first-order valence-corrected chi connectivity index (χ1v) is 9.80. The predicted octanol–water partition coefficient (Wildman–Crippen LogP) is 1.48. The molecule has 10 heteroatoms. The van der Waals surface area contributed by atoms with E-state index in [1.54, 1.807) is 29.2 Å². The third kappa shape index (κ3) is 4.42. The number of carbonyl (C=O) groups is 3. The van der Waals surface area contributed by atoms with Crippen LogP contribution in [0.1, 0.15) is 33.9 Å². The number of para-hydroxylation sites is 1. The predicted molar refractivity (Wildman–Crippen MR) is 108 cm³/mol. The molecule has 1 saturated heterocycles. The summed E-state index contributed by atoms with van der Waals surface area (Å²) in [6.07, 6.45) is 3.68. The van der Waals surface area contributed by atoms with Crippen molar-refractivity contribution in [3.05, 3.63) is 66.4 Å². The number of hydrogen-bond donors (Lipinski definition) is 3. The van der Waals surface area contributed by atoms with Crippen LogP contribution in [0.15, 0.2) is 59.3 Å². The van der Waals surface area contributed by atoms with Crippen LogP contribution < -0.4 is 10.9 Å². The van der Waals surface area contributed by atoms with E-state index in [-0.39, 0.29) is 34.9 Å². The lowest BCUT2D eigenvalue weighted by Crippen LogP contribution is -2.48. The second-order valence-corrected chi connectivity index (χ2v) is 7.13. The Morgan fingerprint density at radius 2 is 1.77 bits per heavy atom. The van der Waals surface area contributed by atoms with Crippen molar-refractivity contribution in [2.45, 2.75) is 12.8 Å². The van der Waals surface area contributed by atoms with E-state index in [0.717, 1.165) is 0 Å². The largest absolute Gasteiger partial charge is 0.504 e. The lowest BCUT2D eigenvalue weighted by atomic mass is 9.96. The molecule has 1 aliphatic rings. The third-order valence-corrected chi connectivity index (χ3v) is 5.11. The Balaban J connectivity index is 1.29. The molecular formula is C21H21N5O5. The zero-order chi connectivity index (χ0) is 21.8. The molecule has 0 atom stereocenters. The van der Waals surface area contributed by atoms with E-state index < -0.39 is 5.91 Å². The number of piperidine rings is 1. The van der Waals surface area contributed by atoms with Crippen molar-refractivity contribution in [2.75, 3.05) is 13.1 Å². The van der Waals surface area contributed by atoms with Crippen LogP contribution in [0, 0.1) is 5.92 Å². The van der Waals surface area contributed by atoms with Crippen molar-refractivity contribution >= 4 is 17.7 Å². The number of amides is 3. The Hall–Kier alpha value is -4.08. The quantitative estimate of drug-likeness (QED) is 0.545. The van der Waals surface area contributed by atoms with Gasteiger partial charge in [-0.1, -0.05) is 18.2 Å². The van der Waals surface area contributed by atoms with Crippen LogP contribution in [-0.4, -0.2) is 50.6 Å². The fraction of sp³-hybridized carbons (Fsp3) is 0.238. The zero-order valence-electron chi connectivity index (χ0n) is 16.5. The molecule has 1 fully saturated rings. The van der Waals surface area contributed by atoms with Crippen LogP contribution in [0.4, 0.5) is 0 Å². The summed E-state index contributed by atoms with van der Waals surface area (Å²) in [7, 11) is 0. The Labute approximate surface area is 177 Å². The summed E-state index contributed by atoms with van der Waals surface area (Å²) < 4.78 is 6.50. The third-order valence-electron chi connectivity index (χ3n) is 5.11. The van der Waals surface area contributed by atoms with Gasteiger partial charge in [-0.25, -0.2) is 4.68 Å². The number of carbonyl (C=O) groups excluding carboxylic acids is 3. The summed E-state index contributed by atoms with van der Waals surface area (Å²) in [6.45, 7) is 0.821. The molecule has 31 heavy (non-hydrogen) atoms. The van der Waals surface area contributed by atoms with Gasteiger partial charge in [-0.2, -0.15) is 5.10 Å². The molecule has 1 aromatic carbocycles. The molecule has 1 aliphatic heterocycles. The first-order valence-electron chi connectivity index (χ1n) is 9.80. The number of hydrazine groups is 1. The van der Waals surface area contributed by atoms with E-state index in [1.807, 2.05) is 18.2 Å². The van der Waals surface area contributed by atoms with Crippen molar-refractivity contribution in [2.24, 2.45) is 5.92 Å². The SMILES string of the molecule is O=C(NNC(=O)C1CCN(C(=O)c2ccco2)CC1)c1nn(-c2ccccc2)cc1O. The van der Waals surface area contributed by atoms with Gasteiger partial charge in [0.1, 0.15) is 0 Å². The first-order chi connectivity index (χ1) is 15.0. The molecule has 4 rings (SSSR count). The fourth-order valence-electron chi connectivity index (χ4n) is 3.42.